The summed E-state index contributed by atoms with van der Waals surface area (Å²) < 4.78 is 5.45. The minimum Gasteiger partial charge on any atom is -0.444 e. The minimum absolute atomic E-state index is 0.173. The van der Waals surface area contributed by atoms with Gasteiger partial charge in [-0.1, -0.05) is 0 Å². The van der Waals surface area contributed by atoms with E-state index in [1.807, 2.05) is 25.7 Å². The largest absolute Gasteiger partial charge is 0.444 e. The number of piperidine rings is 2. The average Bonchev–Trinajstić information content (AvgIpc) is 2.12. The monoisotopic (exact) mass is 241 g/mol. The Bertz CT molecular complexity index is 284. The van der Waals surface area contributed by atoms with Gasteiger partial charge in [-0.3, -0.25) is 0 Å². The third-order valence-electron chi connectivity index (χ3n) is 3.55. The molecule has 0 aromatic rings. The molecule has 0 radical (unpaired) electrons. The molecule has 0 saturated carbocycles. The molecule has 1 amide bonds. The molecule has 2 aliphatic heterocycles. The van der Waals surface area contributed by atoms with Crippen molar-refractivity contribution >= 4 is 6.09 Å². The molecule has 2 rings (SSSR count). The van der Waals surface area contributed by atoms with Crippen LogP contribution in [0.3, 0.4) is 0 Å². The Balaban J connectivity index is 2.07. The summed E-state index contributed by atoms with van der Waals surface area (Å²) in [5.74, 6) is 0. The molecule has 2 fully saturated rings. The highest BCUT2D eigenvalue weighted by atomic mass is 16.6. The smallest absolute Gasteiger partial charge is 0.410 e. The average molecular weight is 241 g/mol. The van der Waals surface area contributed by atoms with E-state index < -0.39 is 5.60 Å². The van der Waals surface area contributed by atoms with Crippen molar-refractivity contribution in [3.05, 3.63) is 0 Å². The first-order valence-corrected chi connectivity index (χ1v) is 6.56. The lowest BCUT2D eigenvalue weighted by Gasteiger charge is -2.47. The normalized spacial score (nSPS) is 33.4. The highest BCUT2D eigenvalue weighted by Gasteiger charge is 2.41. The molecular weight excluding hydrogens is 218 g/mol. The Morgan fingerprint density at radius 3 is 2.24 bits per heavy atom. The maximum absolute atomic E-state index is 12.2. The van der Waals surface area contributed by atoms with Crippen LogP contribution in [0.4, 0.5) is 4.79 Å². The fraction of sp³-hybridized carbons (Fsp3) is 0.923. The van der Waals surface area contributed by atoms with E-state index in [9.17, 15) is 9.90 Å². The molecule has 2 unspecified atom stereocenters. The van der Waals surface area contributed by atoms with E-state index in [0.717, 1.165) is 19.3 Å². The van der Waals surface area contributed by atoms with Gasteiger partial charge in [0.05, 0.1) is 6.10 Å². The molecule has 2 aliphatic rings. The zero-order valence-corrected chi connectivity index (χ0v) is 11.0. The zero-order valence-electron chi connectivity index (χ0n) is 11.0. The van der Waals surface area contributed by atoms with Crippen LogP contribution in [-0.4, -0.2) is 39.9 Å². The molecule has 0 aliphatic carbocycles. The number of hydrogen-bond donors (Lipinski definition) is 1. The first kappa shape index (κ1) is 12.7. The molecule has 2 bridgehead atoms. The van der Waals surface area contributed by atoms with Gasteiger partial charge >= 0.3 is 6.09 Å². The van der Waals surface area contributed by atoms with Crippen LogP contribution in [0.5, 0.6) is 0 Å². The highest BCUT2D eigenvalue weighted by Crippen LogP contribution is 2.35. The van der Waals surface area contributed by atoms with Gasteiger partial charge in [0.1, 0.15) is 5.60 Å². The number of hydrogen-bond acceptors (Lipinski definition) is 3. The third kappa shape index (κ3) is 2.92. The summed E-state index contributed by atoms with van der Waals surface area (Å²) >= 11 is 0. The summed E-state index contributed by atoms with van der Waals surface area (Å²) in [4.78, 5) is 14.0. The van der Waals surface area contributed by atoms with Crippen molar-refractivity contribution in [2.75, 3.05) is 0 Å². The van der Waals surface area contributed by atoms with E-state index in [4.69, 9.17) is 4.74 Å². The first-order valence-electron chi connectivity index (χ1n) is 6.56. The topological polar surface area (TPSA) is 49.8 Å². The van der Waals surface area contributed by atoms with Gasteiger partial charge in [0.25, 0.3) is 0 Å². The second-order valence-electron chi connectivity index (χ2n) is 6.25. The van der Waals surface area contributed by atoms with Crippen LogP contribution in [0.2, 0.25) is 0 Å². The van der Waals surface area contributed by atoms with Crippen LogP contribution in [0.25, 0.3) is 0 Å². The fourth-order valence-electron chi connectivity index (χ4n) is 2.97. The summed E-state index contributed by atoms with van der Waals surface area (Å²) in [6.07, 6.45) is 4.09. The quantitative estimate of drug-likeness (QED) is 0.708. The molecule has 2 heterocycles. The maximum Gasteiger partial charge on any atom is 0.410 e. The fourth-order valence-corrected chi connectivity index (χ4v) is 2.97. The van der Waals surface area contributed by atoms with Crippen molar-refractivity contribution in [3.8, 4) is 0 Å². The van der Waals surface area contributed by atoms with Crippen molar-refractivity contribution in [2.24, 2.45) is 0 Å². The van der Waals surface area contributed by atoms with E-state index in [1.54, 1.807) is 0 Å². The number of aliphatic hydroxyl groups excluding tert-OH is 1. The van der Waals surface area contributed by atoms with Crippen LogP contribution in [0.15, 0.2) is 0 Å². The number of carbonyl (C=O) groups is 1. The lowest BCUT2D eigenvalue weighted by Crippen LogP contribution is -2.56. The third-order valence-corrected chi connectivity index (χ3v) is 3.55. The summed E-state index contributed by atoms with van der Waals surface area (Å²) in [6, 6.07) is 0.347. The molecule has 4 heteroatoms. The summed E-state index contributed by atoms with van der Waals surface area (Å²) in [7, 11) is 0. The van der Waals surface area contributed by atoms with Gasteiger partial charge in [0, 0.05) is 12.1 Å². The van der Waals surface area contributed by atoms with Crippen molar-refractivity contribution in [3.63, 3.8) is 0 Å². The van der Waals surface area contributed by atoms with Gasteiger partial charge < -0.3 is 14.7 Å². The first-order chi connectivity index (χ1) is 7.87. The Labute approximate surface area is 103 Å². The zero-order chi connectivity index (χ0) is 12.6. The highest BCUT2D eigenvalue weighted by molar-refractivity contribution is 5.69. The lowest BCUT2D eigenvalue weighted by atomic mass is 9.83. The molecule has 0 spiro atoms. The Morgan fingerprint density at radius 1 is 1.24 bits per heavy atom. The number of carbonyl (C=O) groups excluding carboxylic acids is 1. The molecular formula is C13H23NO3. The molecule has 2 saturated heterocycles. The van der Waals surface area contributed by atoms with Crippen molar-refractivity contribution in [1.82, 2.24) is 4.90 Å². The van der Waals surface area contributed by atoms with E-state index in [0.29, 0.717) is 12.8 Å². The van der Waals surface area contributed by atoms with Crippen LogP contribution in [0.1, 0.15) is 52.9 Å². The maximum atomic E-state index is 12.2. The Hall–Kier alpha value is -0.770. The van der Waals surface area contributed by atoms with E-state index in [1.165, 1.54) is 0 Å². The number of aliphatic hydroxyl groups is 1. The van der Waals surface area contributed by atoms with Crippen LogP contribution in [-0.2, 0) is 4.74 Å². The molecule has 0 aromatic heterocycles. The summed E-state index contributed by atoms with van der Waals surface area (Å²) in [6.45, 7) is 5.67. The molecule has 98 valence electrons. The number of fused-ring (bicyclic) bond motifs is 2. The van der Waals surface area contributed by atoms with Crippen LogP contribution >= 0.6 is 0 Å². The van der Waals surface area contributed by atoms with Gasteiger partial charge in [-0.2, -0.15) is 0 Å². The van der Waals surface area contributed by atoms with Crippen molar-refractivity contribution in [1.29, 1.82) is 0 Å². The van der Waals surface area contributed by atoms with Crippen molar-refractivity contribution < 1.29 is 14.6 Å². The van der Waals surface area contributed by atoms with Gasteiger partial charge in [-0.15, -0.1) is 0 Å². The van der Waals surface area contributed by atoms with E-state index in [-0.39, 0.29) is 24.3 Å². The van der Waals surface area contributed by atoms with Gasteiger partial charge in [-0.05, 0) is 52.9 Å². The second kappa shape index (κ2) is 4.48. The molecule has 4 nitrogen and oxygen atoms in total. The number of amides is 1. The van der Waals surface area contributed by atoms with E-state index in [2.05, 4.69) is 0 Å². The van der Waals surface area contributed by atoms with E-state index >= 15 is 0 Å². The molecule has 0 aromatic carbocycles. The van der Waals surface area contributed by atoms with Crippen molar-refractivity contribution in [2.45, 2.75) is 76.7 Å². The predicted molar refractivity (Wildman–Crippen MR) is 64.7 cm³/mol. The van der Waals surface area contributed by atoms with Gasteiger partial charge in [-0.25, -0.2) is 4.79 Å². The second-order valence-corrected chi connectivity index (χ2v) is 6.25. The Morgan fingerprint density at radius 2 is 1.76 bits per heavy atom. The minimum atomic E-state index is -0.443. The SMILES string of the molecule is CC(C)(C)OC(=O)N1C2CCC[C@H]1CC(O)C2. The lowest BCUT2D eigenvalue weighted by molar-refractivity contribution is -0.0455. The molecule has 3 atom stereocenters. The summed E-state index contributed by atoms with van der Waals surface area (Å²) in [5, 5.41) is 9.77. The number of ether oxygens (including phenoxy) is 1. The number of rotatable bonds is 0. The van der Waals surface area contributed by atoms with Gasteiger partial charge in [0.15, 0.2) is 0 Å². The molecule has 17 heavy (non-hydrogen) atoms. The Kier molecular flexibility index (Phi) is 3.34. The molecule has 1 N–H and O–H groups in total. The predicted octanol–water partition coefficient (Wildman–Crippen LogP) is 2.30. The summed E-state index contributed by atoms with van der Waals surface area (Å²) in [5.41, 5.74) is -0.443. The standard InChI is InChI=1S/C13H23NO3/c1-13(2,3)17-12(16)14-9-5-4-6-10(14)8-11(15)7-9/h9-11,15H,4-8H2,1-3H3/t9-,10?,11?/m0/s1. The number of nitrogens with zero attached hydrogens (tertiary/aromatic N) is 1. The van der Waals surface area contributed by atoms with Crippen LogP contribution in [0, 0.1) is 0 Å². The van der Waals surface area contributed by atoms with Crippen LogP contribution < -0.4 is 0 Å². The van der Waals surface area contributed by atoms with Gasteiger partial charge in [0.2, 0.25) is 0 Å².